The molecular weight excluding hydrogens is 453 g/mol. The van der Waals surface area contributed by atoms with Crippen molar-refractivity contribution >= 4 is 35.1 Å². The molecule has 0 aliphatic carbocycles. The molecule has 0 saturated carbocycles. The summed E-state index contributed by atoms with van der Waals surface area (Å²) in [6.07, 6.45) is 3.29. The molecule has 0 atom stereocenters. The Kier molecular flexibility index (Phi) is 5.65. The molecule has 5 rings (SSSR count). The number of methoxy groups -OCH3 is 1. The maximum absolute atomic E-state index is 13.5. The minimum absolute atomic E-state index is 0.114. The molecule has 0 spiro atoms. The van der Waals surface area contributed by atoms with Crippen molar-refractivity contribution in [2.24, 2.45) is 9.98 Å². The molecule has 4 aromatic rings. The summed E-state index contributed by atoms with van der Waals surface area (Å²) in [5.41, 5.74) is 1.54. The van der Waals surface area contributed by atoms with Crippen LogP contribution in [0.5, 0.6) is 11.6 Å². The fourth-order valence-electron chi connectivity index (χ4n) is 3.52. The first-order valence-electron chi connectivity index (χ1n) is 10.3. The summed E-state index contributed by atoms with van der Waals surface area (Å²) >= 11 is 1.20. The van der Waals surface area contributed by atoms with Crippen LogP contribution in [0.3, 0.4) is 0 Å². The van der Waals surface area contributed by atoms with Crippen molar-refractivity contribution in [3.63, 3.8) is 0 Å². The quantitative estimate of drug-likeness (QED) is 0.462. The van der Waals surface area contributed by atoms with Crippen molar-refractivity contribution in [2.45, 2.75) is 0 Å². The van der Waals surface area contributed by atoms with Crippen molar-refractivity contribution in [2.75, 3.05) is 7.11 Å². The largest absolute Gasteiger partial charge is 0.497 e. The SMILES string of the molecule is COc1ccc2c(c1)=C/C(=C/c1sc(=Nc3ccccc3)n(-c3ccc(F)cc3)c1O)C(=O)N=2. The maximum atomic E-state index is 13.5. The molecule has 0 fully saturated rings. The number of halogens is 1. The zero-order chi connectivity index (χ0) is 23.7. The Morgan fingerprint density at radius 2 is 1.85 bits per heavy atom. The third-order valence-corrected chi connectivity index (χ3v) is 6.17. The molecule has 1 aliphatic rings. The van der Waals surface area contributed by atoms with Gasteiger partial charge in [0.05, 0.1) is 28.7 Å². The van der Waals surface area contributed by atoms with E-state index in [1.807, 2.05) is 30.3 Å². The van der Waals surface area contributed by atoms with Gasteiger partial charge in [0, 0.05) is 10.8 Å². The second-order valence-electron chi connectivity index (χ2n) is 7.42. The summed E-state index contributed by atoms with van der Waals surface area (Å²) in [5, 5.41) is 12.4. The minimum Gasteiger partial charge on any atom is -0.497 e. The van der Waals surface area contributed by atoms with E-state index < -0.39 is 5.91 Å². The highest BCUT2D eigenvalue weighted by Crippen LogP contribution is 2.28. The van der Waals surface area contributed by atoms with Crippen LogP contribution in [0.15, 0.2) is 88.4 Å². The molecule has 1 aromatic heterocycles. The molecule has 168 valence electrons. The number of carbonyl (C=O) groups is 1. The Bertz CT molecular complexity index is 1620. The molecule has 8 heteroatoms. The van der Waals surface area contributed by atoms with Crippen LogP contribution in [0.4, 0.5) is 10.1 Å². The Balaban J connectivity index is 1.69. The van der Waals surface area contributed by atoms with Crippen LogP contribution < -0.4 is 20.1 Å². The zero-order valence-electron chi connectivity index (χ0n) is 18.0. The summed E-state index contributed by atoms with van der Waals surface area (Å²) in [5.74, 6) is -0.270. The van der Waals surface area contributed by atoms with E-state index in [2.05, 4.69) is 9.98 Å². The van der Waals surface area contributed by atoms with Gasteiger partial charge in [-0.3, -0.25) is 9.36 Å². The first kappa shape index (κ1) is 21.5. The van der Waals surface area contributed by atoms with Crippen molar-refractivity contribution in [3.8, 4) is 17.3 Å². The van der Waals surface area contributed by atoms with Gasteiger partial charge >= 0.3 is 0 Å². The lowest BCUT2D eigenvalue weighted by molar-refractivity contribution is -0.114. The number of carbonyl (C=O) groups excluding carboxylic acids is 1. The average Bonchev–Trinajstić information content (AvgIpc) is 3.14. The molecule has 6 nitrogen and oxygen atoms in total. The number of benzene rings is 3. The number of aromatic hydroxyl groups is 1. The lowest BCUT2D eigenvalue weighted by Gasteiger charge is -2.06. The molecule has 3 aromatic carbocycles. The van der Waals surface area contributed by atoms with Crippen molar-refractivity contribution < 1.29 is 19.0 Å². The zero-order valence-corrected chi connectivity index (χ0v) is 18.8. The summed E-state index contributed by atoms with van der Waals surface area (Å²) in [7, 11) is 1.57. The average molecular weight is 472 g/mol. The standard InChI is InChI=1S/C26H18FN3O3S/c1-33-21-11-12-22-16(14-21)13-17(24(31)29-22)15-23-25(32)30(20-9-7-18(27)8-10-20)26(34-23)28-19-5-3-2-4-6-19/h2-15,32H,1H3/b17-15-,28-26?. The molecule has 2 heterocycles. The van der Waals surface area contributed by atoms with E-state index in [0.717, 1.165) is 5.22 Å². The molecule has 0 saturated heterocycles. The number of para-hydroxylation sites is 1. The fraction of sp³-hybridized carbons (Fsp3) is 0.0385. The van der Waals surface area contributed by atoms with E-state index in [-0.39, 0.29) is 11.7 Å². The highest BCUT2D eigenvalue weighted by atomic mass is 32.1. The predicted octanol–water partition coefficient (Wildman–Crippen LogP) is 3.65. The van der Waals surface area contributed by atoms with Gasteiger partial charge in [-0.2, -0.15) is 0 Å². The van der Waals surface area contributed by atoms with Gasteiger partial charge in [0.2, 0.25) is 5.88 Å². The third-order valence-electron chi connectivity index (χ3n) is 5.19. The Labute approximate surface area is 197 Å². The number of fused-ring (bicyclic) bond motifs is 1. The Morgan fingerprint density at radius 3 is 2.59 bits per heavy atom. The van der Waals surface area contributed by atoms with Gasteiger partial charge in [-0.15, -0.1) is 0 Å². The smallest absolute Gasteiger partial charge is 0.277 e. The van der Waals surface area contributed by atoms with Crippen LogP contribution in [0.1, 0.15) is 4.88 Å². The lowest BCUT2D eigenvalue weighted by Crippen LogP contribution is -2.30. The maximum Gasteiger partial charge on any atom is 0.277 e. The molecule has 34 heavy (non-hydrogen) atoms. The fourth-order valence-corrected chi connectivity index (χ4v) is 4.52. The van der Waals surface area contributed by atoms with E-state index in [1.165, 1.54) is 28.0 Å². The monoisotopic (exact) mass is 471 g/mol. The van der Waals surface area contributed by atoms with Crippen molar-refractivity contribution in [3.05, 3.63) is 104 Å². The number of hydrogen-bond donors (Lipinski definition) is 1. The summed E-state index contributed by atoms with van der Waals surface area (Å²) in [6, 6.07) is 20.3. The first-order chi connectivity index (χ1) is 16.5. The van der Waals surface area contributed by atoms with Gasteiger partial charge in [-0.25, -0.2) is 14.4 Å². The molecular formula is C26H18FN3O3S. The second-order valence-corrected chi connectivity index (χ2v) is 8.43. The van der Waals surface area contributed by atoms with Gasteiger partial charge in [0.15, 0.2) is 4.80 Å². The van der Waals surface area contributed by atoms with Gasteiger partial charge in [-0.05, 0) is 66.7 Å². The van der Waals surface area contributed by atoms with Crippen LogP contribution >= 0.6 is 11.3 Å². The first-order valence-corrected chi connectivity index (χ1v) is 11.1. The normalized spacial score (nSPS) is 14.5. The number of nitrogens with zero attached hydrogens (tertiary/aromatic N) is 3. The molecule has 0 bridgehead atoms. The minimum atomic E-state index is -0.416. The topological polar surface area (TPSA) is 76.2 Å². The molecule has 1 N–H and O–H groups in total. The second kappa shape index (κ2) is 8.92. The van der Waals surface area contributed by atoms with E-state index in [9.17, 15) is 14.3 Å². The Morgan fingerprint density at radius 1 is 1.09 bits per heavy atom. The van der Waals surface area contributed by atoms with Crippen LogP contribution in [-0.4, -0.2) is 22.7 Å². The van der Waals surface area contributed by atoms with Crippen molar-refractivity contribution in [1.82, 2.24) is 4.57 Å². The van der Waals surface area contributed by atoms with Crippen LogP contribution in [0.2, 0.25) is 0 Å². The van der Waals surface area contributed by atoms with E-state index in [0.29, 0.717) is 37.7 Å². The third kappa shape index (κ3) is 4.18. The summed E-state index contributed by atoms with van der Waals surface area (Å²) < 4.78 is 20.3. The number of aromatic nitrogens is 1. The van der Waals surface area contributed by atoms with Crippen LogP contribution in [0.25, 0.3) is 17.8 Å². The van der Waals surface area contributed by atoms with Gasteiger partial charge in [0.25, 0.3) is 5.91 Å². The highest BCUT2D eigenvalue weighted by molar-refractivity contribution is 7.10. The number of amides is 1. The Hall–Kier alpha value is -4.30. The van der Waals surface area contributed by atoms with Crippen LogP contribution in [-0.2, 0) is 4.79 Å². The summed E-state index contributed by atoms with van der Waals surface area (Å²) in [4.78, 5) is 22.4. The van der Waals surface area contributed by atoms with Gasteiger partial charge in [0.1, 0.15) is 11.6 Å². The van der Waals surface area contributed by atoms with Gasteiger partial charge < -0.3 is 9.84 Å². The van der Waals surface area contributed by atoms with E-state index >= 15 is 0 Å². The van der Waals surface area contributed by atoms with E-state index in [1.54, 1.807) is 49.6 Å². The molecule has 1 amide bonds. The number of ether oxygens (including phenoxy) is 1. The van der Waals surface area contributed by atoms with Crippen molar-refractivity contribution in [1.29, 1.82) is 0 Å². The molecule has 1 aliphatic heterocycles. The van der Waals surface area contributed by atoms with Crippen LogP contribution in [0, 0.1) is 5.82 Å². The van der Waals surface area contributed by atoms with E-state index in [4.69, 9.17) is 4.74 Å². The highest BCUT2D eigenvalue weighted by Gasteiger charge is 2.17. The molecule has 0 unspecified atom stereocenters. The number of thiazole rings is 1. The predicted molar refractivity (Wildman–Crippen MR) is 128 cm³/mol. The van der Waals surface area contributed by atoms with Gasteiger partial charge in [-0.1, -0.05) is 29.5 Å². The molecule has 0 radical (unpaired) electrons. The summed E-state index contributed by atoms with van der Waals surface area (Å²) in [6.45, 7) is 0. The lowest BCUT2D eigenvalue weighted by atomic mass is 10.1. The number of hydrogen-bond acceptors (Lipinski definition) is 5. The number of rotatable bonds is 4.